The van der Waals surface area contributed by atoms with Crippen LogP contribution in [0.3, 0.4) is 0 Å². The average Bonchev–Trinajstić information content (AvgIpc) is 2.48. The maximum absolute atomic E-state index is 6.00. The van der Waals surface area contributed by atoms with Crippen LogP contribution in [0.5, 0.6) is 0 Å². The summed E-state index contributed by atoms with van der Waals surface area (Å²) < 4.78 is 0. The topological polar surface area (TPSA) is 12.0 Å². The normalized spacial score (nSPS) is 19.8. The Labute approximate surface area is 129 Å². The molecule has 1 aromatic rings. The first-order valence-electron chi connectivity index (χ1n) is 8.22. The van der Waals surface area contributed by atoms with Crippen molar-refractivity contribution in [1.29, 1.82) is 0 Å². The molecule has 20 heavy (non-hydrogen) atoms. The summed E-state index contributed by atoms with van der Waals surface area (Å²) in [7, 11) is 0. The van der Waals surface area contributed by atoms with Gasteiger partial charge >= 0.3 is 0 Å². The van der Waals surface area contributed by atoms with Gasteiger partial charge in [-0.25, -0.2) is 0 Å². The molecule has 2 atom stereocenters. The molecule has 0 bridgehead atoms. The Morgan fingerprint density at radius 2 is 1.80 bits per heavy atom. The molecule has 1 aliphatic rings. The minimum absolute atomic E-state index is 0.467. The zero-order valence-corrected chi connectivity index (χ0v) is 13.6. The Kier molecular flexibility index (Phi) is 6.38. The summed E-state index contributed by atoms with van der Waals surface area (Å²) in [5, 5.41) is 4.70. The van der Waals surface area contributed by atoms with Gasteiger partial charge in [-0.15, -0.1) is 0 Å². The predicted molar refractivity (Wildman–Crippen MR) is 88.3 cm³/mol. The summed E-state index contributed by atoms with van der Waals surface area (Å²) in [6, 6.07) is 9.43. The quantitative estimate of drug-likeness (QED) is 0.705. The third-order valence-electron chi connectivity index (χ3n) is 4.67. The molecule has 0 aromatic heterocycles. The molecule has 0 spiro atoms. The van der Waals surface area contributed by atoms with Crippen molar-refractivity contribution in [3.05, 3.63) is 34.9 Å². The van der Waals surface area contributed by atoms with Gasteiger partial charge in [0.1, 0.15) is 0 Å². The minimum atomic E-state index is 0.467. The molecular formula is C18H28ClN. The molecule has 1 nitrogen and oxygen atoms in total. The third-order valence-corrected chi connectivity index (χ3v) is 4.92. The first-order valence-corrected chi connectivity index (χ1v) is 8.60. The van der Waals surface area contributed by atoms with Gasteiger partial charge < -0.3 is 5.32 Å². The predicted octanol–water partition coefficient (Wildman–Crippen LogP) is 5.74. The van der Waals surface area contributed by atoms with Gasteiger partial charge in [0.05, 0.1) is 0 Å². The lowest BCUT2D eigenvalue weighted by atomic mass is 9.84. The molecular weight excluding hydrogens is 266 g/mol. The molecule has 1 aromatic carbocycles. The van der Waals surface area contributed by atoms with Crippen LogP contribution in [-0.2, 0) is 0 Å². The van der Waals surface area contributed by atoms with Crippen LogP contribution in [-0.4, -0.2) is 6.04 Å². The highest BCUT2D eigenvalue weighted by Crippen LogP contribution is 2.29. The number of hydrogen-bond donors (Lipinski definition) is 1. The molecule has 2 heteroatoms. The van der Waals surface area contributed by atoms with Crippen LogP contribution in [0.15, 0.2) is 24.3 Å². The van der Waals surface area contributed by atoms with E-state index in [0.29, 0.717) is 12.1 Å². The van der Waals surface area contributed by atoms with Crippen molar-refractivity contribution in [1.82, 2.24) is 5.32 Å². The van der Waals surface area contributed by atoms with Crippen LogP contribution in [0.25, 0.3) is 0 Å². The van der Waals surface area contributed by atoms with E-state index >= 15 is 0 Å². The molecule has 0 radical (unpaired) electrons. The lowest BCUT2D eigenvalue weighted by molar-refractivity contribution is 0.260. The van der Waals surface area contributed by atoms with Crippen molar-refractivity contribution in [3.8, 4) is 0 Å². The molecule has 0 amide bonds. The standard InChI is InChI=1S/C18H28ClN/c1-3-7-18(16-10-12-17(19)13-11-16)20-14(2)15-8-5-4-6-9-15/h10-15,18,20H,3-9H2,1-2H3/t14-,18?/m0/s1. The Morgan fingerprint density at radius 1 is 1.15 bits per heavy atom. The smallest absolute Gasteiger partial charge is 0.0406 e. The Balaban J connectivity index is 1.98. The van der Waals surface area contributed by atoms with Crippen LogP contribution in [0.2, 0.25) is 5.02 Å². The van der Waals surface area contributed by atoms with E-state index in [1.165, 1.54) is 50.5 Å². The Bertz CT molecular complexity index is 381. The molecule has 2 rings (SSSR count). The molecule has 0 heterocycles. The van der Waals surface area contributed by atoms with Gasteiger partial charge in [0.15, 0.2) is 0 Å². The number of nitrogens with one attached hydrogen (secondary N) is 1. The summed E-state index contributed by atoms with van der Waals surface area (Å²) in [6.07, 6.45) is 9.45. The highest BCUT2D eigenvalue weighted by atomic mass is 35.5. The third kappa shape index (κ3) is 4.49. The zero-order chi connectivity index (χ0) is 14.4. The van der Waals surface area contributed by atoms with Gasteiger partial charge in [0.2, 0.25) is 0 Å². The second-order valence-corrected chi connectivity index (χ2v) is 6.68. The second kappa shape index (κ2) is 8.05. The monoisotopic (exact) mass is 293 g/mol. The number of benzene rings is 1. The van der Waals surface area contributed by atoms with Gasteiger partial charge in [-0.3, -0.25) is 0 Å². The fourth-order valence-electron chi connectivity index (χ4n) is 3.42. The van der Waals surface area contributed by atoms with E-state index in [2.05, 4.69) is 31.3 Å². The minimum Gasteiger partial charge on any atom is -0.307 e. The molecule has 1 unspecified atom stereocenters. The van der Waals surface area contributed by atoms with E-state index in [-0.39, 0.29) is 0 Å². The van der Waals surface area contributed by atoms with Crippen molar-refractivity contribution in [2.45, 2.75) is 70.9 Å². The van der Waals surface area contributed by atoms with Crippen molar-refractivity contribution in [2.24, 2.45) is 5.92 Å². The lowest BCUT2D eigenvalue weighted by Gasteiger charge is -2.32. The van der Waals surface area contributed by atoms with Crippen molar-refractivity contribution < 1.29 is 0 Å². The fraction of sp³-hybridized carbons (Fsp3) is 0.667. The zero-order valence-electron chi connectivity index (χ0n) is 12.9. The maximum atomic E-state index is 6.00. The summed E-state index contributed by atoms with van der Waals surface area (Å²) in [5.41, 5.74) is 1.37. The molecule has 1 saturated carbocycles. The van der Waals surface area contributed by atoms with Crippen molar-refractivity contribution in [3.63, 3.8) is 0 Å². The molecule has 0 saturated heterocycles. The first-order chi connectivity index (χ1) is 9.70. The van der Waals surface area contributed by atoms with E-state index in [1.807, 2.05) is 12.1 Å². The highest BCUT2D eigenvalue weighted by Gasteiger charge is 2.22. The number of rotatable bonds is 6. The molecule has 1 aliphatic carbocycles. The lowest BCUT2D eigenvalue weighted by Crippen LogP contribution is -2.37. The van der Waals surface area contributed by atoms with Crippen LogP contribution in [0.1, 0.15) is 70.4 Å². The van der Waals surface area contributed by atoms with Crippen LogP contribution < -0.4 is 5.32 Å². The van der Waals surface area contributed by atoms with Crippen LogP contribution in [0, 0.1) is 5.92 Å². The first kappa shape index (κ1) is 15.9. The molecule has 1 fully saturated rings. The van der Waals surface area contributed by atoms with Gasteiger partial charge in [-0.05, 0) is 49.8 Å². The molecule has 112 valence electrons. The second-order valence-electron chi connectivity index (χ2n) is 6.25. The Hall–Kier alpha value is -0.530. The van der Waals surface area contributed by atoms with Crippen LogP contribution >= 0.6 is 11.6 Å². The fourth-order valence-corrected chi connectivity index (χ4v) is 3.54. The van der Waals surface area contributed by atoms with E-state index in [0.717, 1.165) is 10.9 Å². The van der Waals surface area contributed by atoms with E-state index in [9.17, 15) is 0 Å². The maximum Gasteiger partial charge on any atom is 0.0406 e. The van der Waals surface area contributed by atoms with Crippen molar-refractivity contribution >= 4 is 11.6 Å². The molecule has 1 N–H and O–H groups in total. The summed E-state index contributed by atoms with van der Waals surface area (Å²) in [6.45, 7) is 4.63. The average molecular weight is 294 g/mol. The SMILES string of the molecule is CCCC(N[C@@H](C)C1CCCCC1)c1ccc(Cl)cc1. The van der Waals surface area contributed by atoms with E-state index < -0.39 is 0 Å². The van der Waals surface area contributed by atoms with Gasteiger partial charge in [-0.1, -0.05) is 56.3 Å². The summed E-state index contributed by atoms with van der Waals surface area (Å²) in [5.74, 6) is 0.857. The van der Waals surface area contributed by atoms with Gasteiger partial charge in [0, 0.05) is 17.1 Å². The van der Waals surface area contributed by atoms with Gasteiger partial charge in [0.25, 0.3) is 0 Å². The van der Waals surface area contributed by atoms with Crippen LogP contribution in [0.4, 0.5) is 0 Å². The summed E-state index contributed by atoms with van der Waals surface area (Å²) >= 11 is 6.00. The van der Waals surface area contributed by atoms with Gasteiger partial charge in [-0.2, -0.15) is 0 Å². The number of halogens is 1. The van der Waals surface area contributed by atoms with E-state index in [1.54, 1.807) is 0 Å². The molecule has 0 aliphatic heterocycles. The number of hydrogen-bond acceptors (Lipinski definition) is 1. The highest BCUT2D eigenvalue weighted by molar-refractivity contribution is 6.30. The van der Waals surface area contributed by atoms with Crippen molar-refractivity contribution in [2.75, 3.05) is 0 Å². The Morgan fingerprint density at radius 3 is 2.40 bits per heavy atom. The summed E-state index contributed by atoms with van der Waals surface area (Å²) in [4.78, 5) is 0. The largest absolute Gasteiger partial charge is 0.307 e. The van der Waals surface area contributed by atoms with E-state index in [4.69, 9.17) is 11.6 Å².